The number of hydrogen-bond acceptors (Lipinski definition) is 3. The third kappa shape index (κ3) is 3.45. The van der Waals surface area contributed by atoms with Crippen molar-refractivity contribution < 1.29 is 31.5 Å². The summed E-state index contributed by atoms with van der Waals surface area (Å²) >= 11 is 0. The molecule has 2 aromatic rings. The van der Waals surface area contributed by atoms with Crippen LogP contribution in [0.1, 0.15) is 39.5 Å². The Balaban J connectivity index is 1.97. The highest BCUT2D eigenvalue weighted by Crippen LogP contribution is 2.36. The number of carboxylic acids is 1. The van der Waals surface area contributed by atoms with Crippen molar-refractivity contribution in [2.75, 3.05) is 0 Å². The molecule has 2 N–H and O–H groups in total. The van der Waals surface area contributed by atoms with E-state index >= 15 is 0 Å². The van der Waals surface area contributed by atoms with Gasteiger partial charge in [0.05, 0.1) is 16.0 Å². The molecule has 0 saturated heterocycles. The van der Waals surface area contributed by atoms with Crippen LogP contribution in [-0.2, 0) is 22.6 Å². The molecule has 0 saturated carbocycles. The van der Waals surface area contributed by atoms with Crippen LogP contribution in [0.2, 0.25) is 0 Å². The zero-order chi connectivity index (χ0) is 19.1. The zero-order valence-electron chi connectivity index (χ0n) is 13.2. The Kier molecular flexibility index (Phi) is 4.53. The molecule has 0 radical (unpaired) electrons. The van der Waals surface area contributed by atoms with Crippen LogP contribution in [-0.4, -0.2) is 19.5 Å². The summed E-state index contributed by atoms with van der Waals surface area (Å²) in [5.74, 6) is -1.16. The number of sulfonamides is 1. The summed E-state index contributed by atoms with van der Waals surface area (Å²) in [6.07, 6.45) is -3.97. The van der Waals surface area contributed by atoms with Crippen LogP contribution in [0.5, 0.6) is 0 Å². The molecular weight excluding hydrogens is 371 g/mol. The van der Waals surface area contributed by atoms with Crippen LogP contribution in [0.15, 0.2) is 47.4 Å². The monoisotopic (exact) mass is 385 g/mol. The van der Waals surface area contributed by atoms with E-state index in [0.717, 1.165) is 17.7 Å². The molecule has 0 unspecified atom stereocenters. The molecule has 0 aromatic heterocycles. The smallest absolute Gasteiger partial charge is 0.417 e. The second kappa shape index (κ2) is 6.40. The maximum atomic E-state index is 13.1. The summed E-state index contributed by atoms with van der Waals surface area (Å²) < 4.78 is 66.7. The lowest BCUT2D eigenvalue weighted by molar-refractivity contribution is -0.139. The summed E-state index contributed by atoms with van der Waals surface area (Å²) in [5.41, 5.74) is -0.0136. The molecule has 3 rings (SSSR count). The van der Waals surface area contributed by atoms with Gasteiger partial charge in [0, 0.05) is 6.04 Å². The number of halogens is 3. The first kappa shape index (κ1) is 18.4. The topological polar surface area (TPSA) is 83.5 Å². The minimum atomic E-state index is -4.81. The lowest BCUT2D eigenvalue weighted by Crippen LogP contribution is -2.29. The highest BCUT2D eigenvalue weighted by molar-refractivity contribution is 7.89. The Labute approximate surface area is 147 Å². The van der Waals surface area contributed by atoms with Crippen molar-refractivity contribution in [3.63, 3.8) is 0 Å². The summed E-state index contributed by atoms with van der Waals surface area (Å²) in [4.78, 5) is 10.3. The predicted molar refractivity (Wildman–Crippen MR) is 86.2 cm³/mol. The highest BCUT2D eigenvalue weighted by Gasteiger charge is 2.38. The van der Waals surface area contributed by atoms with Gasteiger partial charge in [-0.15, -0.1) is 0 Å². The number of rotatable bonds is 4. The number of carbonyl (C=O) groups is 1. The van der Waals surface area contributed by atoms with Gasteiger partial charge in [-0.3, -0.25) is 0 Å². The number of aromatic carboxylic acids is 1. The maximum Gasteiger partial charge on any atom is 0.417 e. The molecule has 1 aliphatic rings. The van der Waals surface area contributed by atoms with E-state index in [-0.39, 0.29) is 5.56 Å². The van der Waals surface area contributed by atoms with Gasteiger partial charge in [-0.25, -0.2) is 17.9 Å². The number of fused-ring (bicyclic) bond motifs is 1. The SMILES string of the molecule is O=C(O)c1ccc2c(c1)[C@H](NS(=O)(=O)c1ccccc1C(F)(F)F)CC2. The fourth-order valence-corrected chi connectivity index (χ4v) is 4.52. The number of hydrogen-bond donors (Lipinski definition) is 2. The number of benzene rings is 2. The highest BCUT2D eigenvalue weighted by atomic mass is 32.2. The lowest BCUT2D eigenvalue weighted by Gasteiger charge is -2.18. The van der Waals surface area contributed by atoms with Crippen molar-refractivity contribution in [1.29, 1.82) is 0 Å². The molecule has 0 aliphatic heterocycles. The molecule has 2 aromatic carbocycles. The first-order chi connectivity index (χ1) is 12.1. The summed E-state index contributed by atoms with van der Waals surface area (Å²) in [6, 6.07) is 7.52. The average molecular weight is 385 g/mol. The van der Waals surface area contributed by atoms with Gasteiger partial charge in [0.2, 0.25) is 10.0 Å². The van der Waals surface area contributed by atoms with Gasteiger partial charge < -0.3 is 5.11 Å². The van der Waals surface area contributed by atoms with Crippen LogP contribution in [0.4, 0.5) is 13.2 Å². The molecule has 0 spiro atoms. The van der Waals surface area contributed by atoms with E-state index in [4.69, 9.17) is 5.11 Å². The predicted octanol–water partition coefficient (Wildman–Crippen LogP) is 3.37. The summed E-state index contributed by atoms with van der Waals surface area (Å²) in [6.45, 7) is 0. The summed E-state index contributed by atoms with van der Waals surface area (Å²) in [7, 11) is -4.45. The molecular formula is C17H14F3NO4S. The van der Waals surface area contributed by atoms with E-state index in [0.29, 0.717) is 24.5 Å². The molecule has 0 heterocycles. The van der Waals surface area contributed by atoms with Crippen molar-refractivity contribution in [3.05, 3.63) is 64.7 Å². The number of aryl methyl sites for hydroxylation is 1. The zero-order valence-corrected chi connectivity index (χ0v) is 14.1. The second-order valence-corrected chi connectivity index (χ2v) is 7.61. The quantitative estimate of drug-likeness (QED) is 0.845. The Bertz CT molecular complexity index is 970. The molecule has 9 heteroatoms. The first-order valence-electron chi connectivity index (χ1n) is 7.64. The standard InChI is InChI=1S/C17H14F3NO4S/c18-17(19,20)13-3-1-2-4-15(13)26(24,25)21-14-8-7-10-5-6-11(16(22)23)9-12(10)14/h1-6,9,14,21H,7-8H2,(H,22,23)/t14-/m1/s1. The third-order valence-electron chi connectivity index (χ3n) is 4.25. The van der Waals surface area contributed by atoms with E-state index in [1.54, 1.807) is 6.07 Å². The van der Waals surface area contributed by atoms with Crippen LogP contribution in [0.3, 0.4) is 0 Å². The molecule has 1 aliphatic carbocycles. The number of nitrogens with one attached hydrogen (secondary N) is 1. The van der Waals surface area contributed by atoms with Gasteiger partial charge in [-0.2, -0.15) is 13.2 Å². The van der Waals surface area contributed by atoms with E-state index < -0.39 is 38.7 Å². The van der Waals surface area contributed by atoms with Gasteiger partial charge in [0.1, 0.15) is 0 Å². The van der Waals surface area contributed by atoms with E-state index in [2.05, 4.69) is 4.72 Å². The molecule has 5 nitrogen and oxygen atoms in total. The van der Waals surface area contributed by atoms with Gasteiger partial charge >= 0.3 is 12.1 Å². The largest absolute Gasteiger partial charge is 0.478 e. The molecule has 1 atom stereocenters. The first-order valence-corrected chi connectivity index (χ1v) is 9.12. The maximum absolute atomic E-state index is 13.1. The fraction of sp³-hybridized carbons (Fsp3) is 0.235. The normalized spacial score (nSPS) is 17.1. The molecule has 0 fully saturated rings. The van der Waals surface area contributed by atoms with E-state index in [1.165, 1.54) is 18.2 Å². The van der Waals surface area contributed by atoms with E-state index in [9.17, 15) is 26.4 Å². The van der Waals surface area contributed by atoms with Gasteiger partial charge in [0.25, 0.3) is 0 Å². The van der Waals surface area contributed by atoms with Crippen molar-refractivity contribution in [1.82, 2.24) is 4.72 Å². The minimum Gasteiger partial charge on any atom is -0.478 e. The Morgan fingerprint density at radius 2 is 1.85 bits per heavy atom. The van der Waals surface area contributed by atoms with Crippen LogP contribution < -0.4 is 4.72 Å². The average Bonchev–Trinajstić information content (AvgIpc) is 2.95. The van der Waals surface area contributed by atoms with Gasteiger partial charge in [-0.05, 0) is 48.2 Å². The van der Waals surface area contributed by atoms with Crippen molar-refractivity contribution in [2.45, 2.75) is 30.0 Å². The van der Waals surface area contributed by atoms with Crippen LogP contribution in [0.25, 0.3) is 0 Å². The Hall–Kier alpha value is -2.39. The van der Waals surface area contributed by atoms with Gasteiger partial charge in [0.15, 0.2) is 0 Å². The molecule has 0 bridgehead atoms. The van der Waals surface area contributed by atoms with Crippen LogP contribution in [0, 0.1) is 0 Å². The van der Waals surface area contributed by atoms with Crippen molar-refractivity contribution >= 4 is 16.0 Å². The van der Waals surface area contributed by atoms with Gasteiger partial charge in [-0.1, -0.05) is 18.2 Å². The lowest BCUT2D eigenvalue weighted by atomic mass is 10.0. The van der Waals surface area contributed by atoms with Crippen molar-refractivity contribution in [2.24, 2.45) is 0 Å². The fourth-order valence-electron chi connectivity index (χ4n) is 3.04. The molecule has 26 heavy (non-hydrogen) atoms. The number of carboxylic acid groups (broad SMARTS) is 1. The Morgan fingerprint density at radius 3 is 2.50 bits per heavy atom. The minimum absolute atomic E-state index is 0.00876. The molecule has 138 valence electrons. The summed E-state index contributed by atoms with van der Waals surface area (Å²) in [5, 5.41) is 9.08. The molecule has 0 amide bonds. The van der Waals surface area contributed by atoms with Crippen LogP contribution >= 0.6 is 0 Å². The van der Waals surface area contributed by atoms with E-state index in [1.807, 2.05) is 0 Å². The Morgan fingerprint density at radius 1 is 1.15 bits per heavy atom. The van der Waals surface area contributed by atoms with Crippen molar-refractivity contribution in [3.8, 4) is 0 Å². The number of alkyl halides is 3. The second-order valence-electron chi connectivity index (χ2n) is 5.93. The third-order valence-corrected chi connectivity index (χ3v) is 5.78.